The number of carbonyl (C=O) groups is 3. The molecule has 3 aromatic carbocycles. The zero-order valence-corrected chi connectivity index (χ0v) is 20.6. The minimum Gasteiger partial charge on any atom is -0.507 e. The van der Waals surface area contributed by atoms with E-state index < -0.39 is 23.7 Å². The number of likely N-dealkylation sites (tertiary alicyclic amines) is 1. The van der Waals surface area contributed by atoms with Crippen LogP contribution in [0.5, 0.6) is 5.75 Å². The Morgan fingerprint density at radius 2 is 1.73 bits per heavy atom. The Kier molecular flexibility index (Phi) is 6.53. The quantitative estimate of drug-likeness (QED) is 0.234. The highest BCUT2D eigenvalue weighted by atomic mass is 16.5. The molecule has 2 heterocycles. The zero-order valence-electron chi connectivity index (χ0n) is 20.6. The van der Waals surface area contributed by atoms with Crippen molar-refractivity contribution in [2.45, 2.75) is 31.9 Å². The predicted octanol–water partition coefficient (Wildman–Crippen LogP) is 4.46. The molecule has 0 bridgehead atoms. The minimum absolute atomic E-state index is 0.0239. The van der Waals surface area contributed by atoms with Crippen LogP contribution in [0.15, 0.2) is 78.4 Å². The molecule has 0 saturated carbocycles. The Labute approximate surface area is 214 Å². The first-order chi connectivity index (χ1) is 17.9. The van der Waals surface area contributed by atoms with Crippen LogP contribution in [0.2, 0.25) is 0 Å². The molecule has 2 aliphatic heterocycles. The molecule has 0 unspecified atom stereocenters. The molecule has 2 atom stereocenters. The van der Waals surface area contributed by atoms with E-state index in [0.717, 1.165) is 16.9 Å². The summed E-state index contributed by atoms with van der Waals surface area (Å²) >= 11 is 0. The van der Waals surface area contributed by atoms with Gasteiger partial charge in [0.05, 0.1) is 24.3 Å². The van der Waals surface area contributed by atoms with E-state index in [1.165, 1.54) is 12.0 Å². The summed E-state index contributed by atoms with van der Waals surface area (Å²) in [7, 11) is 1.30. The number of amides is 1. The van der Waals surface area contributed by atoms with Crippen molar-refractivity contribution in [2.75, 3.05) is 13.7 Å². The molecule has 1 amide bonds. The summed E-state index contributed by atoms with van der Waals surface area (Å²) in [5.41, 5.74) is 3.40. The van der Waals surface area contributed by atoms with Crippen LogP contribution in [-0.2, 0) is 27.2 Å². The monoisotopic (exact) mass is 497 g/mol. The Bertz CT molecular complexity index is 1390. The number of fused-ring (bicyclic) bond motifs is 1. The number of rotatable bonds is 6. The van der Waals surface area contributed by atoms with Crippen molar-refractivity contribution in [2.24, 2.45) is 0 Å². The SMILES string of the molecule is COC(=O)c1ccc([C@@H]2/C(=C(\O)c3ccc4c(c3)C[C@H](C)O4)C(=O)C(=O)N2CCc2ccccc2)cc1. The summed E-state index contributed by atoms with van der Waals surface area (Å²) in [5, 5.41) is 11.4. The summed E-state index contributed by atoms with van der Waals surface area (Å²) in [6.07, 6.45) is 1.27. The third-order valence-corrected chi connectivity index (χ3v) is 6.84. The van der Waals surface area contributed by atoms with Crippen LogP contribution in [0, 0.1) is 0 Å². The van der Waals surface area contributed by atoms with E-state index in [1.54, 1.807) is 36.4 Å². The molecule has 1 N–H and O–H groups in total. The molecule has 188 valence electrons. The van der Waals surface area contributed by atoms with Crippen molar-refractivity contribution in [1.82, 2.24) is 4.90 Å². The van der Waals surface area contributed by atoms with E-state index in [4.69, 9.17) is 9.47 Å². The van der Waals surface area contributed by atoms with Gasteiger partial charge in [-0.1, -0.05) is 42.5 Å². The molecule has 2 aliphatic rings. The molecule has 5 rings (SSSR count). The predicted molar refractivity (Wildman–Crippen MR) is 137 cm³/mol. The first-order valence-electron chi connectivity index (χ1n) is 12.2. The minimum atomic E-state index is -0.807. The first-order valence-corrected chi connectivity index (χ1v) is 12.2. The zero-order chi connectivity index (χ0) is 26.1. The van der Waals surface area contributed by atoms with Gasteiger partial charge >= 0.3 is 5.97 Å². The van der Waals surface area contributed by atoms with Crippen molar-refractivity contribution < 1.29 is 29.0 Å². The molecule has 0 aromatic heterocycles. The number of hydrogen-bond acceptors (Lipinski definition) is 6. The van der Waals surface area contributed by atoms with E-state index in [2.05, 4.69) is 0 Å². The van der Waals surface area contributed by atoms with E-state index in [-0.39, 0.29) is 24.0 Å². The summed E-state index contributed by atoms with van der Waals surface area (Å²) in [6, 6.07) is 20.7. The normalized spacial score (nSPS) is 20.0. The van der Waals surface area contributed by atoms with Gasteiger partial charge in [0.2, 0.25) is 0 Å². The number of aliphatic hydroxyl groups is 1. The van der Waals surface area contributed by atoms with Gasteiger partial charge < -0.3 is 19.5 Å². The molecular formula is C30H27NO6. The fraction of sp³-hybridized carbons (Fsp3) is 0.233. The number of aliphatic hydroxyl groups excluding tert-OH is 1. The maximum Gasteiger partial charge on any atom is 0.337 e. The van der Waals surface area contributed by atoms with Crippen molar-refractivity contribution >= 4 is 23.4 Å². The Morgan fingerprint density at radius 1 is 1.03 bits per heavy atom. The second kappa shape index (κ2) is 9.93. The van der Waals surface area contributed by atoms with Gasteiger partial charge in [0.1, 0.15) is 17.6 Å². The summed E-state index contributed by atoms with van der Waals surface area (Å²) in [5.74, 6) is -1.37. The number of ether oxygens (including phenoxy) is 2. The second-order valence-corrected chi connectivity index (χ2v) is 9.30. The highest BCUT2D eigenvalue weighted by molar-refractivity contribution is 6.46. The van der Waals surface area contributed by atoms with Gasteiger partial charge in [-0.2, -0.15) is 0 Å². The summed E-state index contributed by atoms with van der Waals surface area (Å²) < 4.78 is 10.6. The average Bonchev–Trinajstić information content (AvgIpc) is 3.42. The number of ketones is 1. The first kappa shape index (κ1) is 24.3. The van der Waals surface area contributed by atoms with Crippen LogP contribution < -0.4 is 4.74 Å². The van der Waals surface area contributed by atoms with Gasteiger partial charge in [0, 0.05) is 18.5 Å². The van der Waals surface area contributed by atoms with Gasteiger partial charge in [-0.05, 0) is 60.4 Å². The highest BCUT2D eigenvalue weighted by Gasteiger charge is 2.46. The van der Waals surface area contributed by atoms with Crippen molar-refractivity contribution in [3.8, 4) is 5.75 Å². The van der Waals surface area contributed by atoms with E-state index in [1.807, 2.05) is 43.3 Å². The largest absolute Gasteiger partial charge is 0.507 e. The molecule has 3 aromatic rings. The fourth-order valence-electron chi connectivity index (χ4n) is 5.00. The molecule has 1 fully saturated rings. The topological polar surface area (TPSA) is 93.1 Å². The van der Waals surface area contributed by atoms with Crippen LogP contribution in [0.25, 0.3) is 5.76 Å². The van der Waals surface area contributed by atoms with E-state index in [9.17, 15) is 19.5 Å². The third-order valence-electron chi connectivity index (χ3n) is 6.84. The maximum absolute atomic E-state index is 13.3. The number of Topliss-reactive ketones (excluding diaryl/α,β-unsaturated/α-hetero) is 1. The van der Waals surface area contributed by atoms with Crippen molar-refractivity contribution in [3.63, 3.8) is 0 Å². The van der Waals surface area contributed by atoms with Crippen LogP contribution in [0.3, 0.4) is 0 Å². The molecular weight excluding hydrogens is 470 g/mol. The smallest absolute Gasteiger partial charge is 0.337 e. The molecule has 0 spiro atoms. The lowest BCUT2D eigenvalue weighted by Crippen LogP contribution is -2.31. The van der Waals surface area contributed by atoms with Crippen LogP contribution in [-0.4, -0.2) is 47.4 Å². The van der Waals surface area contributed by atoms with Crippen molar-refractivity contribution in [1.29, 1.82) is 0 Å². The molecule has 0 radical (unpaired) electrons. The lowest BCUT2D eigenvalue weighted by atomic mass is 9.93. The van der Waals surface area contributed by atoms with E-state index >= 15 is 0 Å². The van der Waals surface area contributed by atoms with E-state index in [0.29, 0.717) is 29.5 Å². The molecule has 0 aliphatic carbocycles. The molecule has 7 heteroatoms. The fourth-order valence-corrected chi connectivity index (χ4v) is 5.00. The second-order valence-electron chi connectivity index (χ2n) is 9.30. The van der Waals surface area contributed by atoms with Gasteiger partial charge in [-0.15, -0.1) is 0 Å². The molecule has 7 nitrogen and oxygen atoms in total. The molecule has 37 heavy (non-hydrogen) atoms. The van der Waals surface area contributed by atoms with Gasteiger partial charge in [0.15, 0.2) is 0 Å². The Balaban J connectivity index is 1.57. The third kappa shape index (κ3) is 4.60. The number of esters is 1. The van der Waals surface area contributed by atoms with Gasteiger partial charge in [-0.3, -0.25) is 9.59 Å². The van der Waals surface area contributed by atoms with Crippen molar-refractivity contribution in [3.05, 3.63) is 106 Å². The number of carbonyl (C=O) groups excluding carboxylic acids is 3. The highest BCUT2D eigenvalue weighted by Crippen LogP contribution is 2.40. The summed E-state index contributed by atoms with van der Waals surface area (Å²) in [4.78, 5) is 40.0. The van der Waals surface area contributed by atoms with Crippen LogP contribution in [0.1, 0.15) is 45.6 Å². The van der Waals surface area contributed by atoms with Crippen LogP contribution in [0.4, 0.5) is 0 Å². The number of methoxy groups -OCH3 is 1. The van der Waals surface area contributed by atoms with Gasteiger partial charge in [-0.25, -0.2) is 4.79 Å². The van der Waals surface area contributed by atoms with Gasteiger partial charge in [0.25, 0.3) is 11.7 Å². The maximum atomic E-state index is 13.3. The molecule has 1 saturated heterocycles. The lowest BCUT2D eigenvalue weighted by Gasteiger charge is -2.25. The Morgan fingerprint density at radius 3 is 2.43 bits per heavy atom. The summed E-state index contributed by atoms with van der Waals surface area (Å²) in [6.45, 7) is 2.25. The van der Waals surface area contributed by atoms with Crippen LogP contribution >= 0.6 is 0 Å². The average molecular weight is 498 g/mol. The number of hydrogen-bond donors (Lipinski definition) is 1. The number of benzene rings is 3. The lowest BCUT2D eigenvalue weighted by molar-refractivity contribution is -0.139. The Hall–Kier alpha value is -4.39. The standard InChI is InChI=1S/C30H27NO6/c1-18-16-23-17-22(12-13-24(23)37-18)27(32)25-26(20-8-10-21(11-9-20)30(35)36-2)31(29(34)28(25)33)15-14-19-6-4-3-5-7-19/h3-13,17-18,26,32H,14-16H2,1-2H3/b27-25+/t18-,26+/m0/s1. The number of nitrogens with zero attached hydrogens (tertiary/aromatic N) is 1.